The zero-order valence-electron chi connectivity index (χ0n) is 8.55. The quantitative estimate of drug-likeness (QED) is 0.657. The van der Waals surface area contributed by atoms with Gasteiger partial charge in [0.15, 0.2) is 6.29 Å². The highest BCUT2D eigenvalue weighted by atomic mass is 16.7. The molecule has 1 saturated heterocycles. The lowest BCUT2D eigenvalue weighted by molar-refractivity contribution is -0.218. The van der Waals surface area contributed by atoms with Gasteiger partial charge in [0.1, 0.15) is 0 Å². The van der Waals surface area contributed by atoms with E-state index in [0.29, 0.717) is 0 Å². The van der Waals surface area contributed by atoms with E-state index in [1.807, 2.05) is 0 Å². The number of rotatable bonds is 2. The van der Waals surface area contributed by atoms with Crippen LogP contribution in [0.5, 0.6) is 0 Å². The summed E-state index contributed by atoms with van der Waals surface area (Å²) >= 11 is 0. The molecule has 2 heteroatoms. The predicted octanol–water partition coefficient (Wildman–Crippen LogP) is 2.86. The van der Waals surface area contributed by atoms with E-state index in [2.05, 4.69) is 6.92 Å². The van der Waals surface area contributed by atoms with Gasteiger partial charge in [-0.3, -0.25) is 0 Å². The Labute approximate surface area is 80.6 Å². The molecule has 1 aliphatic heterocycles. The van der Waals surface area contributed by atoms with Crippen LogP contribution in [0.25, 0.3) is 0 Å². The van der Waals surface area contributed by atoms with Crippen LogP contribution in [0.15, 0.2) is 0 Å². The van der Waals surface area contributed by atoms with Crippen molar-refractivity contribution in [3.63, 3.8) is 0 Å². The van der Waals surface area contributed by atoms with Crippen molar-refractivity contribution in [2.24, 2.45) is 0 Å². The van der Waals surface area contributed by atoms with Crippen molar-refractivity contribution in [3.05, 3.63) is 0 Å². The first-order valence-corrected chi connectivity index (χ1v) is 5.58. The zero-order valence-corrected chi connectivity index (χ0v) is 8.55. The topological polar surface area (TPSA) is 18.5 Å². The second kappa shape index (κ2) is 3.97. The number of hydrogen-bond donors (Lipinski definition) is 0. The lowest BCUT2D eigenvalue weighted by atomic mass is 10.1. The summed E-state index contributed by atoms with van der Waals surface area (Å²) in [6.45, 7) is 3.12. The van der Waals surface area contributed by atoms with Gasteiger partial charge in [0.25, 0.3) is 0 Å². The lowest BCUT2D eigenvalue weighted by Gasteiger charge is -2.32. The van der Waals surface area contributed by atoms with Gasteiger partial charge in [0, 0.05) is 6.61 Å². The molecular formula is C11H20O2. The molecule has 1 atom stereocenters. The summed E-state index contributed by atoms with van der Waals surface area (Å²) in [6, 6.07) is 0. The van der Waals surface area contributed by atoms with Gasteiger partial charge in [-0.1, -0.05) is 12.8 Å². The van der Waals surface area contributed by atoms with Gasteiger partial charge in [-0.25, -0.2) is 0 Å². The Morgan fingerprint density at radius 1 is 1.15 bits per heavy atom. The van der Waals surface area contributed by atoms with Crippen molar-refractivity contribution in [1.29, 1.82) is 0 Å². The normalized spacial score (nSPS) is 33.5. The summed E-state index contributed by atoms with van der Waals surface area (Å²) in [5.74, 6) is 0. The fourth-order valence-electron chi connectivity index (χ4n) is 2.36. The number of ether oxygens (including phenoxy) is 2. The Hall–Kier alpha value is -0.0800. The van der Waals surface area contributed by atoms with Gasteiger partial charge in [-0.05, 0) is 39.0 Å². The third-order valence-electron chi connectivity index (χ3n) is 3.22. The molecule has 0 radical (unpaired) electrons. The molecule has 76 valence electrons. The average molecular weight is 184 g/mol. The van der Waals surface area contributed by atoms with E-state index in [4.69, 9.17) is 9.47 Å². The summed E-state index contributed by atoms with van der Waals surface area (Å²) < 4.78 is 11.6. The molecule has 1 saturated carbocycles. The first-order chi connectivity index (χ1) is 6.29. The van der Waals surface area contributed by atoms with Crippen LogP contribution in [0.3, 0.4) is 0 Å². The molecule has 2 aliphatic rings. The second-order valence-electron chi connectivity index (χ2n) is 4.57. The maximum absolute atomic E-state index is 6.02. The zero-order chi connectivity index (χ0) is 9.15. The van der Waals surface area contributed by atoms with Crippen LogP contribution in [-0.4, -0.2) is 18.5 Å². The Balaban J connectivity index is 1.81. The smallest absolute Gasteiger partial charge is 0.158 e. The summed E-state index contributed by atoms with van der Waals surface area (Å²) in [5.41, 5.74) is 0.127. The maximum atomic E-state index is 6.02. The molecule has 2 fully saturated rings. The highest BCUT2D eigenvalue weighted by molar-refractivity contribution is 4.82. The minimum absolute atomic E-state index is 0.0943. The van der Waals surface area contributed by atoms with Gasteiger partial charge >= 0.3 is 0 Å². The second-order valence-corrected chi connectivity index (χ2v) is 4.57. The first kappa shape index (κ1) is 9.47. The van der Waals surface area contributed by atoms with Gasteiger partial charge in [0.2, 0.25) is 0 Å². The van der Waals surface area contributed by atoms with E-state index in [-0.39, 0.29) is 11.9 Å². The van der Waals surface area contributed by atoms with Crippen LogP contribution in [0.4, 0.5) is 0 Å². The summed E-state index contributed by atoms with van der Waals surface area (Å²) in [5, 5.41) is 0. The molecule has 0 aromatic rings. The van der Waals surface area contributed by atoms with E-state index in [0.717, 1.165) is 13.0 Å². The van der Waals surface area contributed by atoms with Crippen LogP contribution in [0, 0.1) is 0 Å². The minimum Gasteiger partial charge on any atom is -0.353 e. The summed E-state index contributed by atoms with van der Waals surface area (Å²) in [4.78, 5) is 0. The molecule has 0 aromatic heterocycles. The molecule has 1 heterocycles. The molecule has 0 bridgehead atoms. The van der Waals surface area contributed by atoms with E-state index >= 15 is 0 Å². The molecule has 0 amide bonds. The standard InChI is InChI=1S/C11H20O2/c1-11(7-3-4-8-11)13-10-6-2-5-9-12-10/h10H,2-9H2,1H3. The Morgan fingerprint density at radius 3 is 2.54 bits per heavy atom. The van der Waals surface area contributed by atoms with Crippen LogP contribution in [-0.2, 0) is 9.47 Å². The molecule has 1 unspecified atom stereocenters. The van der Waals surface area contributed by atoms with Crippen molar-refractivity contribution in [3.8, 4) is 0 Å². The van der Waals surface area contributed by atoms with E-state index in [9.17, 15) is 0 Å². The highest BCUT2D eigenvalue weighted by Gasteiger charge is 2.33. The van der Waals surface area contributed by atoms with Crippen molar-refractivity contribution >= 4 is 0 Å². The number of hydrogen-bond acceptors (Lipinski definition) is 2. The Kier molecular flexibility index (Phi) is 2.89. The van der Waals surface area contributed by atoms with Crippen LogP contribution in [0.2, 0.25) is 0 Å². The molecule has 2 rings (SSSR count). The molecule has 0 aromatic carbocycles. The van der Waals surface area contributed by atoms with Crippen LogP contribution >= 0.6 is 0 Å². The van der Waals surface area contributed by atoms with E-state index in [1.54, 1.807) is 0 Å². The van der Waals surface area contributed by atoms with Crippen molar-refractivity contribution < 1.29 is 9.47 Å². The summed E-state index contributed by atoms with van der Waals surface area (Å²) in [6.07, 6.45) is 8.73. The van der Waals surface area contributed by atoms with Crippen molar-refractivity contribution in [2.75, 3.05) is 6.61 Å². The molecular weight excluding hydrogens is 164 g/mol. The summed E-state index contributed by atoms with van der Waals surface area (Å²) in [7, 11) is 0. The Bertz CT molecular complexity index is 155. The van der Waals surface area contributed by atoms with Gasteiger partial charge < -0.3 is 9.47 Å². The Morgan fingerprint density at radius 2 is 1.92 bits per heavy atom. The van der Waals surface area contributed by atoms with Gasteiger partial charge in [-0.15, -0.1) is 0 Å². The lowest BCUT2D eigenvalue weighted by Crippen LogP contribution is -2.34. The average Bonchev–Trinajstić information content (AvgIpc) is 2.54. The first-order valence-electron chi connectivity index (χ1n) is 5.58. The van der Waals surface area contributed by atoms with Gasteiger partial charge in [0.05, 0.1) is 5.60 Å². The third kappa shape index (κ3) is 2.44. The van der Waals surface area contributed by atoms with E-state index < -0.39 is 0 Å². The third-order valence-corrected chi connectivity index (χ3v) is 3.22. The SMILES string of the molecule is CC1(OC2CCCCO2)CCCC1. The molecule has 0 spiro atoms. The highest BCUT2D eigenvalue weighted by Crippen LogP contribution is 2.35. The molecule has 13 heavy (non-hydrogen) atoms. The molecule has 2 nitrogen and oxygen atoms in total. The monoisotopic (exact) mass is 184 g/mol. The van der Waals surface area contributed by atoms with Crippen molar-refractivity contribution in [1.82, 2.24) is 0 Å². The predicted molar refractivity (Wildman–Crippen MR) is 51.5 cm³/mol. The molecule has 0 N–H and O–H groups in total. The fraction of sp³-hybridized carbons (Fsp3) is 1.00. The van der Waals surface area contributed by atoms with Gasteiger partial charge in [-0.2, -0.15) is 0 Å². The van der Waals surface area contributed by atoms with Crippen molar-refractivity contribution in [2.45, 2.75) is 63.8 Å². The maximum Gasteiger partial charge on any atom is 0.158 e. The van der Waals surface area contributed by atoms with E-state index in [1.165, 1.54) is 38.5 Å². The fourth-order valence-corrected chi connectivity index (χ4v) is 2.36. The molecule has 1 aliphatic carbocycles. The van der Waals surface area contributed by atoms with Crippen LogP contribution < -0.4 is 0 Å². The van der Waals surface area contributed by atoms with Crippen LogP contribution in [0.1, 0.15) is 51.9 Å². The minimum atomic E-state index is 0.0943. The largest absolute Gasteiger partial charge is 0.353 e.